The maximum absolute atomic E-state index is 14.8. The van der Waals surface area contributed by atoms with Gasteiger partial charge < -0.3 is 29.7 Å². The van der Waals surface area contributed by atoms with E-state index in [4.69, 9.17) is 9.47 Å². The number of alkyl halides is 1. The minimum Gasteiger partial charge on any atom is -0.463 e. The van der Waals surface area contributed by atoms with E-state index in [1.807, 2.05) is 74.5 Å². The van der Waals surface area contributed by atoms with E-state index >= 15 is 0 Å². The second-order valence-corrected chi connectivity index (χ2v) is 14.5. The minimum absolute atomic E-state index is 0.104. The van der Waals surface area contributed by atoms with Gasteiger partial charge in [0.15, 0.2) is 0 Å². The Morgan fingerprint density at radius 2 is 1.80 bits per heavy atom. The van der Waals surface area contributed by atoms with Gasteiger partial charge in [0, 0.05) is 23.8 Å². The van der Waals surface area contributed by atoms with Crippen LogP contribution in [0.15, 0.2) is 86.0 Å². The number of allylic oxidation sites excluding steroid dienone is 1. The quantitative estimate of drug-likeness (QED) is 0.151. The third kappa shape index (κ3) is 7.25. The van der Waals surface area contributed by atoms with Gasteiger partial charge in [-0.05, 0) is 44.2 Å². The van der Waals surface area contributed by atoms with Crippen molar-refractivity contribution in [1.82, 2.24) is 15.1 Å². The lowest BCUT2D eigenvalue weighted by atomic mass is 9.70. The third-order valence-electron chi connectivity index (χ3n) is 9.90. The van der Waals surface area contributed by atoms with Crippen LogP contribution in [-0.2, 0) is 35.1 Å². The summed E-state index contributed by atoms with van der Waals surface area (Å²) in [5.74, 6) is -3.49. The van der Waals surface area contributed by atoms with Crippen molar-refractivity contribution >= 4 is 39.6 Å². The summed E-state index contributed by atoms with van der Waals surface area (Å²) in [5.41, 5.74) is 0.314. The molecule has 11 heteroatoms. The Morgan fingerprint density at radius 3 is 2.41 bits per heavy atom. The van der Waals surface area contributed by atoms with E-state index in [1.54, 1.807) is 17.1 Å². The molecule has 49 heavy (non-hydrogen) atoms. The number of hydrogen-bond donors (Lipinski definition) is 2. The van der Waals surface area contributed by atoms with E-state index in [0.29, 0.717) is 19.3 Å². The van der Waals surface area contributed by atoms with Crippen LogP contribution in [0.5, 0.6) is 0 Å². The average molecular weight is 737 g/mol. The molecule has 3 aliphatic rings. The summed E-state index contributed by atoms with van der Waals surface area (Å²) in [4.78, 5) is 59.1. The molecule has 3 fully saturated rings. The standard InChI is InChI=1S/C38H46BrN3O7/c1-5-7-18-30(44)48-23-29(26-16-12-9-13-17-26)40-35(45)31-32-36(46)42(27(22-43)20-25-14-10-8-11-15-25)34(37(47)41(19-6-2)24(3)4)38(32)21-28(39)33(31)49-38/h5-6,8-17,24,27-29,31-34,43H,1-2,7,18-23H2,3-4H3,(H,40,45)/t27-,28?,29+,31+,32-,33+,34+,38-/m1/s1. The number of aliphatic hydroxyl groups excluding tert-OH is 1. The van der Waals surface area contributed by atoms with Gasteiger partial charge in [-0.2, -0.15) is 0 Å². The molecule has 10 nitrogen and oxygen atoms in total. The molecule has 2 aromatic rings. The summed E-state index contributed by atoms with van der Waals surface area (Å²) in [6, 6.07) is 16.0. The summed E-state index contributed by atoms with van der Waals surface area (Å²) < 4.78 is 12.3. The molecule has 3 aliphatic heterocycles. The number of carbonyl (C=O) groups excluding carboxylic acids is 4. The van der Waals surface area contributed by atoms with E-state index in [0.717, 1.165) is 11.1 Å². The van der Waals surface area contributed by atoms with Crippen LogP contribution >= 0.6 is 15.9 Å². The number of ether oxygens (including phenoxy) is 2. The summed E-state index contributed by atoms with van der Waals surface area (Å²) in [6.07, 6.45) is 3.87. The van der Waals surface area contributed by atoms with Gasteiger partial charge in [0.1, 0.15) is 18.2 Å². The highest BCUT2D eigenvalue weighted by Crippen LogP contribution is 2.60. The van der Waals surface area contributed by atoms with Crippen LogP contribution in [-0.4, -0.2) is 93.0 Å². The SMILES string of the molecule is C=CCCC(=O)OC[C@H](NC(=O)[C@@H]1[C@H]2O[C@@]3(CC2Br)[C@H](C(=O)N(CC=C)C(C)C)N([C@@H](CO)Cc2ccccc2)C(=O)[C@@H]13)c1ccccc1. The number of nitrogens with zero attached hydrogens (tertiary/aromatic N) is 2. The fraction of sp³-hybridized carbons (Fsp3) is 0.474. The first-order valence-corrected chi connectivity index (χ1v) is 17.8. The number of hydrogen-bond acceptors (Lipinski definition) is 7. The first-order chi connectivity index (χ1) is 23.6. The molecule has 1 unspecified atom stereocenters. The zero-order chi connectivity index (χ0) is 35.3. The highest BCUT2D eigenvalue weighted by atomic mass is 79.9. The van der Waals surface area contributed by atoms with Gasteiger partial charge in [-0.1, -0.05) is 88.7 Å². The van der Waals surface area contributed by atoms with Gasteiger partial charge in [-0.3, -0.25) is 19.2 Å². The minimum atomic E-state index is -1.31. The Labute approximate surface area is 296 Å². The van der Waals surface area contributed by atoms with Crippen LogP contribution < -0.4 is 5.32 Å². The number of amides is 3. The zero-order valence-electron chi connectivity index (χ0n) is 28.1. The fourth-order valence-electron chi connectivity index (χ4n) is 7.67. The van der Waals surface area contributed by atoms with Crippen LogP contribution in [0.1, 0.15) is 50.3 Å². The second-order valence-electron chi connectivity index (χ2n) is 13.3. The van der Waals surface area contributed by atoms with Gasteiger partial charge >= 0.3 is 5.97 Å². The number of carbonyl (C=O) groups is 4. The van der Waals surface area contributed by atoms with Crippen LogP contribution in [0, 0.1) is 11.8 Å². The van der Waals surface area contributed by atoms with Crippen molar-refractivity contribution in [2.45, 2.75) is 80.2 Å². The van der Waals surface area contributed by atoms with E-state index in [2.05, 4.69) is 34.4 Å². The number of aliphatic hydroxyl groups is 1. The molecule has 3 heterocycles. The van der Waals surface area contributed by atoms with Gasteiger partial charge in [-0.25, -0.2) is 0 Å². The van der Waals surface area contributed by atoms with E-state index < -0.39 is 59.5 Å². The summed E-state index contributed by atoms with van der Waals surface area (Å²) in [5, 5.41) is 13.8. The van der Waals surface area contributed by atoms with Crippen molar-refractivity contribution in [3.8, 4) is 0 Å². The van der Waals surface area contributed by atoms with Gasteiger partial charge in [0.25, 0.3) is 0 Å². The molecule has 262 valence electrons. The lowest BCUT2D eigenvalue weighted by molar-refractivity contribution is -0.152. The number of rotatable bonds is 16. The van der Waals surface area contributed by atoms with Crippen molar-refractivity contribution < 1.29 is 33.8 Å². The predicted molar refractivity (Wildman–Crippen MR) is 188 cm³/mol. The third-order valence-corrected chi connectivity index (χ3v) is 10.7. The normalized spacial score (nSPS) is 26.6. The fourth-order valence-corrected chi connectivity index (χ4v) is 8.61. The number of fused-ring (bicyclic) bond motifs is 1. The average Bonchev–Trinajstić information content (AvgIpc) is 3.70. The zero-order valence-corrected chi connectivity index (χ0v) is 29.7. The molecule has 0 aromatic heterocycles. The van der Waals surface area contributed by atoms with Crippen molar-refractivity contribution in [2.24, 2.45) is 11.8 Å². The molecular weight excluding hydrogens is 690 g/mol. The molecule has 0 saturated carbocycles. The molecular formula is C38H46BrN3O7. The summed E-state index contributed by atoms with van der Waals surface area (Å²) in [7, 11) is 0. The molecule has 0 aliphatic carbocycles. The molecule has 2 bridgehead atoms. The molecule has 3 saturated heterocycles. The number of esters is 1. The van der Waals surface area contributed by atoms with E-state index in [1.165, 1.54) is 4.90 Å². The monoisotopic (exact) mass is 735 g/mol. The van der Waals surface area contributed by atoms with Crippen molar-refractivity contribution in [3.05, 3.63) is 97.1 Å². The van der Waals surface area contributed by atoms with Crippen LogP contribution in [0.4, 0.5) is 0 Å². The first kappa shape index (κ1) is 36.5. The van der Waals surface area contributed by atoms with E-state index in [9.17, 15) is 24.3 Å². The molecule has 2 aromatic carbocycles. The Morgan fingerprint density at radius 1 is 1.12 bits per heavy atom. The first-order valence-electron chi connectivity index (χ1n) is 16.9. The van der Waals surface area contributed by atoms with Crippen LogP contribution in [0.2, 0.25) is 0 Å². The number of nitrogens with one attached hydrogen (secondary N) is 1. The molecule has 8 atom stereocenters. The Hall–Kier alpha value is -3.80. The summed E-state index contributed by atoms with van der Waals surface area (Å²) >= 11 is 3.74. The Bertz CT molecular complexity index is 1520. The number of halogens is 1. The highest BCUT2D eigenvalue weighted by molar-refractivity contribution is 9.09. The lowest BCUT2D eigenvalue weighted by Crippen LogP contribution is -2.60. The van der Waals surface area contributed by atoms with Crippen molar-refractivity contribution in [2.75, 3.05) is 19.8 Å². The topological polar surface area (TPSA) is 125 Å². The van der Waals surface area contributed by atoms with Crippen LogP contribution in [0.25, 0.3) is 0 Å². The molecule has 3 amide bonds. The molecule has 0 radical (unpaired) electrons. The largest absolute Gasteiger partial charge is 0.463 e. The highest BCUT2D eigenvalue weighted by Gasteiger charge is 2.77. The van der Waals surface area contributed by atoms with Gasteiger partial charge in [-0.15, -0.1) is 13.2 Å². The molecule has 5 rings (SSSR count). The smallest absolute Gasteiger partial charge is 0.306 e. The molecule has 2 N–H and O–H groups in total. The predicted octanol–water partition coefficient (Wildman–Crippen LogP) is 4.13. The van der Waals surface area contributed by atoms with Gasteiger partial charge in [0.05, 0.1) is 36.6 Å². The maximum Gasteiger partial charge on any atom is 0.306 e. The number of benzene rings is 2. The summed E-state index contributed by atoms with van der Waals surface area (Å²) in [6.45, 7) is 11.1. The van der Waals surface area contributed by atoms with Gasteiger partial charge in [0.2, 0.25) is 17.7 Å². The van der Waals surface area contributed by atoms with Crippen LogP contribution in [0.3, 0.4) is 0 Å². The number of likely N-dealkylation sites (tertiary alicyclic amines) is 1. The van der Waals surface area contributed by atoms with Crippen molar-refractivity contribution in [1.29, 1.82) is 0 Å². The second kappa shape index (κ2) is 15.8. The van der Waals surface area contributed by atoms with Crippen molar-refractivity contribution in [3.63, 3.8) is 0 Å². The van der Waals surface area contributed by atoms with E-state index in [-0.39, 0.29) is 43.0 Å². The molecule has 1 spiro atoms. The Balaban J connectivity index is 1.51. The Kier molecular flexibility index (Phi) is 11.8. The lowest BCUT2D eigenvalue weighted by Gasteiger charge is -2.40. The maximum atomic E-state index is 14.8.